The SMILES string of the molecule is COc1ccc(C(CN)CC(=O)NC2CC2)cc1C. The van der Waals surface area contributed by atoms with E-state index < -0.39 is 0 Å². The Morgan fingerprint density at radius 2 is 2.26 bits per heavy atom. The number of hydrogen-bond acceptors (Lipinski definition) is 3. The van der Waals surface area contributed by atoms with Gasteiger partial charge in [0.05, 0.1) is 7.11 Å². The summed E-state index contributed by atoms with van der Waals surface area (Å²) in [5.41, 5.74) is 7.98. The van der Waals surface area contributed by atoms with Crippen LogP contribution in [0.15, 0.2) is 18.2 Å². The van der Waals surface area contributed by atoms with Crippen LogP contribution in [0.4, 0.5) is 0 Å². The van der Waals surface area contributed by atoms with Crippen molar-refractivity contribution in [1.29, 1.82) is 0 Å². The van der Waals surface area contributed by atoms with Gasteiger partial charge in [-0.25, -0.2) is 0 Å². The number of benzene rings is 1. The number of nitrogens with one attached hydrogen (secondary N) is 1. The Labute approximate surface area is 114 Å². The van der Waals surface area contributed by atoms with E-state index in [0.29, 0.717) is 19.0 Å². The molecule has 0 radical (unpaired) electrons. The fourth-order valence-electron chi connectivity index (χ4n) is 2.23. The molecule has 0 heterocycles. The number of amides is 1. The minimum Gasteiger partial charge on any atom is -0.496 e. The first kappa shape index (κ1) is 13.9. The summed E-state index contributed by atoms with van der Waals surface area (Å²) in [6.45, 7) is 2.48. The monoisotopic (exact) mass is 262 g/mol. The summed E-state index contributed by atoms with van der Waals surface area (Å²) in [4.78, 5) is 11.9. The molecule has 1 amide bonds. The van der Waals surface area contributed by atoms with E-state index in [-0.39, 0.29) is 11.8 Å². The molecule has 0 aliphatic heterocycles. The molecule has 4 nitrogen and oxygen atoms in total. The van der Waals surface area contributed by atoms with Gasteiger partial charge < -0.3 is 15.8 Å². The second kappa shape index (κ2) is 6.06. The molecule has 1 saturated carbocycles. The molecular weight excluding hydrogens is 240 g/mol. The van der Waals surface area contributed by atoms with Crippen molar-refractivity contribution >= 4 is 5.91 Å². The maximum atomic E-state index is 11.9. The van der Waals surface area contributed by atoms with Crippen LogP contribution in [0.1, 0.15) is 36.3 Å². The molecule has 4 heteroatoms. The quantitative estimate of drug-likeness (QED) is 0.820. The van der Waals surface area contributed by atoms with Crippen molar-refractivity contribution in [3.8, 4) is 5.75 Å². The van der Waals surface area contributed by atoms with Crippen molar-refractivity contribution in [2.75, 3.05) is 13.7 Å². The van der Waals surface area contributed by atoms with Crippen LogP contribution in [0.2, 0.25) is 0 Å². The van der Waals surface area contributed by atoms with Crippen LogP contribution in [0.5, 0.6) is 5.75 Å². The van der Waals surface area contributed by atoms with E-state index in [1.807, 2.05) is 19.1 Å². The van der Waals surface area contributed by atoms with E-state index in [0.717, 1.165) is 29.7 Å². The lowest BCUT2D eigenvalue weighted by Gasteiger charge is -2.16. The number of methoxy groups -OCH3 is 1. The Morgan fingerprint density at radius 1 is 1.53 bits per heavy atom. The van der Waals surface area contributed by atoms with Crippen LogP contribution in [0.25, 0.3) is 0 Å². The number of nitrogens with two attached hydrogens (primary N) is 1. The molecule has 0 saturated heterocycles. The van der Waals surface area contributed by atoms with E-state index in [1.54, 1.807) is 7.11 Å². The molecule has 3 N–H and O–H groups in total. The summed E-state index contributed by atoms with van der Waals surface area (Å²) < 4.78 is 5.24. The van der Waals surface area contributed by atoms with E-state index in [9.17, 15) is 4.79 Å². The van der Waals surface area contributed by atoms with E-state index in [1.165, 1.54) is 0 Å². The predicted octanol–water partition coefficient (Wildman–Crippen LogP) is 1.71. The van der Waals surface area contributed by atoms with Gasteiger partial charge in [0, 0.05) is 18.4 Å². The summed E-state index contributed by atoms with van der Waals surface area (Å²) >= 11 is 0. The van der Waals surface area contributed by atoms with Crippen molar-refractivity contribution in [1.82, 2.24) is 5.32 Å². The third-order valence-corrected chi connectivity index (χ3v) is 3.55. The van der Waals surface area contributed by atoms with Crippen LogP contribution in [-0.2, 0) is 4.79 Å². The summed E-state index contributed by atoms with van der Waals surface area (Å²) in [7, 11) is 1.66. The van der Waals surface area contributed by atoms with Crippen LogP contribution in [-0.4, -0.2) is 25.6 Å². The maximum Gasteiger partial charge on any atom is 0.220 e. The second-order valence-corrected chi connectivity index (χ2v) is 5.21. The molecule has 1 atom stereocenters. The lowest BCUT2D eigenvalue weighted by Crippen LogP contribution is -2.28. The highest BCUT2D eigenvalue weighted by Crippen LogP contribution is 2.26. The summed E-state index contributed by atoms with van der Waals surface area (Å²) in [6, 6.07) is 6.39. The van der Waals surface area contributed by atoms with Crippen LogP contribution >= 0.6 is 0 Å². The topological polar surface area (TPSA) is 64.3 Å². The van der Waals surface area contributed by atoms with Gasteiger partial charge >= 0.3 is 0 Å². The van der Waals surface area contributed by atoms with Gasteiger partial charge in [-0.2, -0.15) is 0 Å². The van der Waals surface area contributed by atoms with E-state index in [4.69, 9.17) is 10.5 Å². The highest BCUT2D eigenvalue weighted by molar-refractivity contribution is 5.77. The summed E-state index contributed by atoms with van der Waals surface area (Å²) in [5, 5.41) is 3.01. The highest BCUT2D eigenvalue weighted by atomic mass is 16.5. The zero-order valence-electron chi connectivity index (χ0n) is 11.6. The standard InChI is InChI=1S/C15H22N2O2/c1-10-7-11(3-6-14(10)19-2)12(9-16)8-15(18)17-13-4-5-13/h3,6-7,12-13H,4-5,8-9,16H2,1-2H3,(H,17,18). The van der Waals surface area contributed by atoms with Crippen LogP contribution in [0, 0.1) is 6.92 Å². The Balaban J connectivity index is 2.03. The smallest absolute Gasteiger partial charge is 0.220 e. The zero-order chi connectivity index (χ0) is 13.8. The first-order chi connectivity index (χ1) is 9.13. The molecule has 2 rings (SSSR count). The number of carbonyl (C=O) groups excluding carboxylic acids is 1. The van der Waals surface area contributed by atoms with Gasteiger partial charge in [-0.3, -0.25) is 4.79 Å². The van der Waals surface area contributed by atoms with Gasteiger partial charge in [0.15, 0.2) is 0 Å². The predicted molar refractivity (Wildman–Crippen MR) is 75.3 cm³/mol. The molecule has 1 aromatic rings. The van der Waals surface area contributed by atoms with Crippen molar-refractivity contribution in [2.24, 2.45) is 5.73 Å². The minimum absolute atomic E-state index is 0.0726. The number of hydrogen-bond donors (Lipinski definition) is 2. The molecule has 1 fully saturated rings. The normalized spacial score (nSPS) is 15.9. The first-order valence-electron chi connectivity index (χ1n) is 6.78. The molecule has 1 aliphatic carbocycles. The molecule has 1 unspecified atom stereocenters. The molecule has 0 bridgehead atoms. The lowest BCUT2D eigenvalue weighted by molar-refractivity contribution is -0.121. The summed E-state index contributed by atoms with van der Waals surface area (Å²) in [5.74, 6) is 1.04. The molecule has 104 valence electrons. The van der Waals surface area contributed by atoms with Gasteiger partial charge in [-0.1, -0.05) is 12.1 Å². The number of ether oxygens (including phenoxy) is 1. The highest BCUT2D eigenvalue weighted by Gasteiger charge is 2.24. The number of rotatable bonds is 6. The fraction of sp³-hybridized carbons (Fsp3) is 0.533. The summed E-state index contributed by atoms with van der Waals surface area (Å²) in [6.07, 6.45) is 2.68. The van der Waals surface area contributed by atoms with Gasteiger partial charge in [0.1, 0.15) is 5.75 Å². The maximum absolute atomic E-state index is 11.9. The van der Waals surface area contributed by atoms with E-state index in [2.05, 4.69) is 11.4 Å². The van der Waals surface area contributed by atoms with Gasteiger partial charge in [0.2, 0.25) is 5.91 Å². The van der Waals surface area contributed by atoms with Crippen LogP contribution < -0.4 is 15.8 Å². The molecule has 19 heavy (non-hydrogen) atoms. The second-order valence-electron chi connectivity index (χ2n) is 5.21. The molecule has 0 aromatic heterocycles. The molecule has 0 spiro atoms. The minimum atomic E-state index is 0.0726. The Bertz CT molecular complexity index is 455. The number of carbonyl (C=O) groups is 1. The third-order valence-electron chi connectivity index (χ3n) is 3.55. The molecule has 1 aromatic carbocycles. The first-order valence-corrected chi connectivity index (χ1v) is 6.78. The van der Waals surface area contributed by atoms with E-state index >= 15 is 0 Å². The average molecular weight is 262 g/mol. The van der Waals surface area contributed by atoms with Crippen molar-refractivity contribution < 1.29 is 9.53 Å². The zero-order valence-corrected chi connectivity index (χ0v) is 11.6. The fourth-order valence-corrected chi connectivity index (χ4v) is 2.23. The Morgan fingerprint density at radius 3 is 2.79 bits per heavy atom. The van der Waals surface area contributed by atoms with Crippen molar-refractivity contribution in [3.63, 3.8) is 0 Å². The van der Waals surface area contributed by atoms with Crippen LogP contribution in [0.3, 0.4) is 0 Å². The van der Waals surface area contributed by atoms with Crippen molar-refractivity contribution in [3.05, 3.63) is 29.3 Å². The van der Waals surface area contributed by atoms with Gasteiger partial charge in [-0.05, 0) is 43.5 Å². The van der Waals surface area contributed by atoms with Crippen molar-refractivity contribution in [2.45, 2.75) is 38.1 Å². The third kappa shape index (κ3) is 3.70. The largest absolute Gasteiger partial charge is 0.496 e. The lowest BCUT2D eigenvalue weighted by atomic mass is 9.94. The molecule has 1 aliphatic rings. The van der Waals surface area contributed by atoms with Gasteiger partial charge in [-0.15, -0.1) is 0 Å². The average Bonchev–Trinajstić information content (AvgIpc) is 3.19. The Kier molecular flexibility index (Phi) is 4.43. The number of aryl methyl sites for hydroxylation is 1. The van der Waals surface area contributed by atoms with Gasteiger partial charge in [0.25, 0.3) is 0 Å². The molecular formula is C15H22N2O2. The Hall–Kier alpha value is -1.55.